The lowest BCUT2D eigenvalue weighted by Gasteiger charge is -2.36. The zero-order valence-corrected chi connectivity index (χ0v) is 24.5. The first kappa shape index (κ1) is 29.2. The lowest BCUT2D eigenvalue weighted by molar-refractivity contribution is 0.0690. The molecule has 0 saturated heterocycles. The summed E-state index contributed by atoms with van der Waals surface area (Å²) in [5.41, 5.74) is 5.05. The number of aliphatic hydroxyl groups excluding tert-OH is 1. The van der Waals surface area contributed by atoms with Gasteiger partial charge in [0.15, 0.2) is 0 Å². The number of aliphatic hydroxyl groups is 1. The van der Waals surface area contributed by atoms with Gasteiger partial charge in [-0.3, -0.25) is 4.90 Å². The van der Waals surface area contributed by atoms with Crippen LogP contribution in [0.5, 0.6) is 5.75 Å². The maximum absolute atomic E-state index is 13.5. The number of carbonyl (C=O) groups excluding carboxylic acids is 1. The molecule has 0 radical (unpaired) electrons. The van der Waals surface area contributed by atoms with E-state index in [-0.39, 0.29) is 31.8 Å². The van der Waals surface area contributed by atoms with Gasteiger partial charge in [0.2, 0.25) is 10.0 Å². The third-order valence-electron chi connectivity index (χ3n) is 7.32. The van der Waals surface area contributed by atoms with Crippen molar-refractivity contribution < 1.29 is 27.8 Å². The van der Waals surface area contributed by atoms with E-state index in [1.54, 1.807) is 4.90 Å². The number of halogens is 1. The molecule has 2 aromatic carbocycles. The third-order valence-corrected chi connectivity index (χ3v) is 8.24. The number of nitrogens with zero attached hydrogens (tertiary/aromatic N) is 1. The molecule has 3 N–H and O–H groups in total. The highest BCUT2D eigenvalue weighted by Crippen LogP contribution is 2.40. The normalized spacial score (nSPS) is 19.5. The number of sulfonamides is 1. The van der Waals surface area contributed by atoms with Gasteiger partial charge in [0.1, 0.15) is 17.9 Å². The van der Waals surface area contributed by atoms with Crippen molar-refractivity contribution in [1.82, 2.24) is 14.6 Å². The zero-order chi connectivity index (χ0) is 29.1. The number of fused-ring (bicyclic) bond motifs is 3. The van der Waals surface area contributed by atoms with E-state index in [1.807, 2.05) is 61.5 Å². The maximum Gasteiger partial charge on any atom is 0.411 e. The number of rotatable bonds is 9. The van der Waals surface area contributed by atoms with Gasteiger partial charge in [-0.25, -0.2) is 17.9 Å². The number of hydrogen-bond donors (Lipinski definition) is 3. The zero-order valence-electron chi connectivity index (χ0n) is 23.0. The summed E-state index contributed by atoms with van der Waals surface area (Å²) in [6.07, 6.45) is 7.01. The fourth-order valence-corrected chi connectivity index (χ4v) is 5.87. The minimum Gasteiger partial charge on any atom is -0.493 e. The van der Waals surface area contributed by atoms with Crippen LogP contribution in [0.1, 0.15) is 42.6 Å². The van der Waals surface area contributed by atoms with Gasteiger partial charge >= 0.3 is 6.09 Å². The van der Waals surface area contributed by atoms with E-state index in [9.17, 15) is 18.3 Å². The van der Waals surface area contributed by atoms with Gasteiger partial charge in [0.25, 0.3) is 0 Å². The van der Waals surface area contributed by atoms with Crippen LogP contribution >= 0.6 is 11.6 Å². The second-order valence-corrected chi connectivity index (χ2v) is 12.8. The predicted molar refractivity (Wildman–Crippen MR) is 159 cm³/mol. The predicted octanol–water partition coefficient (Wildman–Crippen LogP) is 4.86. The molecule has 11 heteroatoms. The Morgan fingerprint density at radius 1 is 1.24 bits per heavy atom. The average Bonchev–Trinajstić information content (AvgIpc) is 3.30. The molecule has 2 aliphatic rings. The van der Waals surface area contributed by atoms with Crippen LogP contribution in [0.3, 0.4) is 0 Å². The van der Waals surface area contributed by atoms with Crippen molar-refractivity contribution in [2.45, 2.75) is 44.4 Å². The minimum atomic E-state index is -3.37. The molecule has 1 aromatic heterocycles. The fraction of sp³-hybridized carbons (Fsp3) is 0.367. The van der Waals surface area contributed by atoms with E-state index in [4.69, 9.17) is 21.1 Å². The number of hydrogen-bond acceptors (Lipinski definition) is 6. The number of ether oxygens (including phenoxy) is 2. The molecule has 1 aliphatic heterocycles. The fourth-order valence-electron chi connectivity index (χ4n) is 5.21. The van der Waals surface area contributed by atoms with E-state index in [1.165, 1.54) is 0 Å². The van der Waals surface area contributed by atoms with Crippen molar-refractivity contribution in [2.75, 3.05) is 26.0 Å². The van der Waals surface area contributed by atoms with Gasteiger partial charge in [0.05, 0.1) is 19.0 Å². The van der Waals surface area contributed by atoms with Crippen molar-refractivity contribution in [3.8, 4) is 5.75 Å². The SMILES string of the molecule is CC1=CCC(OC(=O)N2CCc3c([nH]c4ccc(Cl)cc34)[C@@H]2c2ccc(OCCC(O)CNS(C)(=O)=O)cc2)C=C1. The van der Waals surface area contributed by atoms with E-state index in [0.29, 0.717) is 30.2 Å². The lowest BCUT2D eigenvalue weighted by atomic mass is 9.92. The molecular weight excluding hydrogens is 566 g/mol. The van der Waals surface area contributed by atoms with Gasteiger partial charge in [-0.1, -0.05) is 41.5 Å². The highest BCUT2D eigenvalue weighted by Gasteiger charge is 2.36. The number of carbonyl (C=O) groups is 1. The molecule has 218 valence electrons. The highest BCUT2D eigenvalue weighted by molar-refractivity contribution is 7.88. The van der Waals surface area contributed by atoms with Crippen LogP contribution in [-0.2, 0) is 21.2 Å². The molecule has 5 rings (SSSR count). The van der Waals surface area contributed by atoms with Crippen LogP contribution in [0.2, 0.25) is 5.02 Å². The number of aromatic nitrogens is 1. The Bertz CT molecular complexity index is 1580. The molecule has 1 amide bonds. The number of benzene rings is 2. The van der Waals surface area contributed by atoms with E-state index in [0.717, 1.165) is 39.6 Å². The standard InChI is InChI=1S/C30H34ClN3O6S/c1-19-3-8-24(9-4-19)40-30(36)34-15-13-25-26-17-21(31)7-12-27(26)33-28(25)29(34)20-5-10-23(11-6-20)39-16-14-22(35)18-32-41(2,37)38/h3-8,10-12,17,22,24,29,32-33,35H,9,13-16,18H2,1-2H3/t22?,24?,29-/m0/s1. The molecule has 1 aliphatic carbocycles. The Morgan fingerprint density at radius 2 is 2.02 bits per heavy atom. The molecule has 2 unspecified atom stereocenters. The molecule has 0 spiro atoms. The van der Waals surface area contributed by atoms with Crippen molar-refractivity contribution in [3.05, 3.63) is 88.1 Å². The summed E-state index contributed by atoms with van der Waals surface area (Å²) in [5.74, 6) is 0.597. The smallest absolute Gasteiger partial charge is 0.411 e. The van der Waals surface area contributed by atoms with Crippen LogP contribution < -0.4 is 9.46 Å². The first-order valence-electron chi connectivity index (χ1n) is 13.5. The maximum atomic E-state index is 13.5. The van der Waals surface area contributed by atoms with Crippen molar-refractivity contribution in [2.24, 2.45) is 0 Å². The van der Waals surface area contributed by atoms with Crippen LogP contribution in [0.25, 0.3) is 10.9 Å². The van der Waals surface area contributed by atoms with Crippen molar-refractivity contribution in [1.29, 1.82) is 0 Å². The van der Waals surface area contributed by atoms with Gasteiger partial charge in [0, 0.05) is 47.6 Å². The summed E-state index contributed by atoms with van der Waals surface area (Å²) >= 11 is 6.32. The molecule has 3 atom stereocenters. The first-order chi connectivity index (χ1) is 19.6. The molecule has 3 aromatic rings. The van der Waals surface area contributed by atoms with Crippen LogP contribution in [0.4, 0.5) is 4.79 Å². The first-order valence-corrected chi connectivity index (χ1v) is 15.8. The number of H-pyrrole nitrogens is 1. The summed E-state index contributed by atoms with van der Waals surface area (Å²) in [6, 6.07) is 12.8. The molecular formula is C30H34ClN3O6S. The second-order valence-electron chi connectivity index (χ2n) is 10.5. The third kappa shape index (κ3) is 7.13. The summed E-state index contributed by atoms with van der Waals surface area (Å²) in [5, 5.41) is 11.7. The molecule has 0 bridgehead atoms. The lowest BCUT2D eigenvalue weighted by Crippen LogP contribution is -2.42. The highest BCUT2D eigenvalue weighted by atomic mass is 35.5. The van der Waals surface area contributed by atoms with Crippen molar-refractivity contribution in [3.63, 3.8) is 0 Å². The van der Waals surface area contributed by atoms with E-state index < -0.39 is 22.2 Å². The number of nitrogens with one attached hydrogen (secondary N) is 2. The van der Waals surface area contributed by atoms with E-state index >= 15 is 0 Å². The summed E-state index contributed by atoms with van der Waals surface area (Å²) in [4.78, 5) is 18.8. The summed E-state index contributed by atoms with van der Waals surface area (Å²) in [7, 11) is -3.37. The average molecular weight is 600 g/mol. The van der Waals surface area contributed by atoms with E-state index in [2.05, 4.69) is 15.8 Å². The second kappa shape index (κ2) is 12.3. The largest absolute Gasteiger partial charge is 0.493 e. The molecule has 0 saturated carbocycles. The number of allylic oxidation sites excluding steroid dienone is 2. The minimum absolute atomic E-state index is 0.0701. The number of amides is 1. The van der Waals surface area contributed by atoms with Crippen molar-refractivity contribution >= 4 is 38.6 Å². The Hall–Kier alpha value is -3.31. The Labute approximate surface area is 244 Å². The summed E-state index contributed by atoms with van der Waals surface area (Å²) < 4.78 is 36.4. The van der Waals surface area contributed by atoms with Gasteiger partial charge in [-0.05, 0) is 60.9 Å². The van der Waals surface area contributed by atoms with Gasteiger partial charge in [-0.15, -0.1) is 0 Å². The van der Waals surface area contributed by atoms with Gasteiger partial charge < -0.3 is 19.6 Å². The van der Waals surface area contributed by atoms with Crippen LogP contribution in [0.15, 0.2) is 66.3 Å². The molecule has 9 nitrogen and oxygen atoms in total. The summed E-state index contributed by atoms with van der Waals surface area (Å²) in [6.45, 7) is 2.65. The Morgan fingerprint density at radius 3 is 2.73 bits per heavy atom. The topological polar surface area (TPSA) is 121 Å². The van der Waals surface area contributed by atoms with Crippen LogP contribution in [0, 0.1) is 0 Å². The molecule has 2 heterocycles. The Balaban J connectivity index is 1.35. The quantitative estimate of drug-likeness (QED) is 0.323. The monoisotopic (exact) mass is 599 g/mol. The van der Waals surface area contributed by atoms with Crippen LogP contribution in [-0.4, -0.2) is 67.7 Å². The number of aromatic amines is 1. The van der Waals surface area contributed by atoms with Gasteiger partial charge in [-0.2, -0.15) is 0 Å². The Kier molecular flexibility index (Phi) is 8.74. The molecule has 41 heavy (non-hydrogen) atoms. The molecule has 0 fully saturated rings.